The highest BCUT2D eigenvalue weighted by molar-refractivity contribution is 9.10. The molecule has 6 heteroatoms. The van der Waals surface area contributed by atoms with Crippen molar-refractivity contribution >= 4 is 21.6 Å². The predicted molar refractivity (Wildman–Crippen MR) is 85.2 cm³/mol. The van der Waals surface area contributed by atoms with Crippen molar-refractivity contribution in [2.75, 3.05) is 18.4 Å². The van der Waals surface area contributed by atoms with E-state index in [1.165, 1.54) is 17.5 Å². The highest BCUT2D eigenvalue weighted by Gasteiger charge is 2.19. The van der Waals surface area contributed by atoms with E-state index in [1.807, 2.05) is 0 Å². The monoisotopic (exact) mass is 342 g/mol. The van der Waals surface area contributed by atoms with Crippen molar-refractivity contribution in [3.63, 3.8) is 0 Å². The lowest BCUT2D eigenvalue weighted by Crippen LogP contribution is -2.27. The van der Waals surface area contributed by atoms with E-state index in [4.69, 9.17) is 0 Å². The topological polar surface area (TPSA) is 59.0 Å². The Balaban J connectivity index is 1.84. The van der Waals surface area contributed by atoms with E-state index in [1.54, 1.807) is 6.20 Å². The summed E-state index contributed by atoms with van der Waals surface area (Å²) in [6, 6.07) is 0.753. The Morgan fingerprint density at radius 2 is 2.20 bits per heavy atom. The summed E-state index contributed by atoms with van der Waals surface area (Å²) in [5.74, 6) is 0.402. The van der Waals surface area contributed by atoms with Crippen molar-refractivity contribution in [1.82, 2.24) is 15.1 Å². The van der Waals surface area contributed by atoms with Gasteiger partial charge in [0.25, 0.3) is 5.56 Å². The lowest BCUT2D eigenvalue weighted by molar-refractivity contribution is 0.462. The zero-order valence-electron chi connectivity index (χ0n) is 12.2. The minimum atomic E-state index is -0.0696. The minimum absolute atomic E-state index is 0.0696. The molecule has 1 heterocycles. The number of nitrogens with zero attached hydrogens (tertiary/aromatic N) is 2. The van der Waals surface area contributed by atoms with Crippen LogP contribution in [-0.2, 0) is 6.54 Å². The van der Waals surface area contributed by atoms with Gasteiger partial charge in [-0.3, -0.25) is 4.79 Å². The average molecular weight is 343 g/mol. The van der Waals surface area contributed by atoms with Gasteiger partial charge in [-0.05, 0) is 47.7 Å². The predicted octanol–water partition coefficient (Wildman–Crippen LogP) is 2.22. The van der Waals surface area contributed by atoms with Crippen LogP contribution in [0.5, 0.6) is 0 Å². The maximum Gasteiger partial charge on any atom is 0.283 e. The summed E-state index contributed by atoms with van der Waals surface area (Å²) < 4.78 is 2.08. The van der Waals surface area contributed by atoms with Crippen molar-refractivity contribution in [3.8, 4) is 0 Å². The van der Waals surface area contributed by atoms with Gasteiger partial charge in [0.1, 0.15) is 4.47 Å². The Morgan fingerprint density at radius 1 is 1.45 bits per heavy atom. The van der Waals surface area contributed by atoms with Gasteiger partial charge >= 0.3 is 0 Å². The molecule has 1 fully saturated rings. The molecule has 1 saturated carbocycles. The molecule has 0 atom stereocenters. The van der Waals surface area contributed by atoms with Crippen molar-refractivity contribution in [1.29, 1.82) is 0 Å². The fourth-order valence-corrected chi connectivity index (χ4v) is 2.42. The molecule has 0 spiro atoms. The van der Waals surface area contributed by atoms with Crippen molar-refractivity contribution in [2.24, 2.45) is 5.92 Å². The molecule has 0 saturated heterocycles. The minimum Gasteiger partial charge on any atom is -0.383 e. The Bertz CT molecular complexity index is 496. The molecule has 1 aromatic rings. The molecular formula is C14H23BrN4O. The van der Waals surface area contributed by atoms with Gasteiger partial charge in [0.05, 0.1) is 11.9 Å². The molecule has 0 aromatic carbocycles. The third-order valence-electron chi connectivity index (χ3n) is 3.20. The largest absolute Gasteiger partial charge is 0.383 e. The second kappa shape index (κ2) is 7.22. The zero-order valence-corrected chi connectivity index (χ0v) is 13.7. The van der Waals surface area contributed by atoms with E-state index in [0.717, 1.165) is 31.2 Å². The number of hydrogen-bond donors (Lipinski definition) is 2. The Labute approximate surface area is 128 Å². The second-order valence-corrected chi connectivity index (χ2v) is 6.56. The van der Waals surface area contributed by atoms with E-state index >= 15 is 0 Å². The quantitative estimate of drug-likeness (QED) is 0.711. The summed E-state index contributed by atoms with van der Waals surface area (Å²) in [7, 11) is 0. The first kappa shape index (κ1) is 15.5. The number of aromatic nitrogens is 2. The van der Waals surface area contributed by atoms with E-state index in [2.05, 4.69) is 45.5 Å². The van der Waals surface area contributed by atoms with Gasteiger partial charge < -0.3 is 10.6 Å². The SMILES string of the molecule is CC(C)Cn1ncc(NCCCNC2CC2)c(Br)c1=O. The van der Waals surface area contributed by atoms with Gasteiger partial charge in [-0.15, -0.1) is 0 Å². The van der Waals surface area contributed by atoms with Gasteiger partial charge in [-0.2, -0.15) is 5.10 Å². The summed E-state index contributed by atoms with van der Waals surface area (Å²) in [5.41, 5.74) is 0.709. The lowest BCUT2D eigenvalue weighted by atomic mass is 10.2. The van der Waals surface area contributed by atoms with Gasteiger partial charge in [-0.25, -0.2) is 4.68 Å². The van der Waals surface area contributed by atoms with Gasteiger partial charge in [0.2, 0.25) is 0 Å². The molecule has 1 aliphatic carbocycles. The molecule has 0 unspecified atom stereocenters. The normalized spacial score (nSPS) is 14.8. The number of nitrogens with one attached hydrogen (secondary N) is 2. The molecular weight excluding hydrogens is 320 g/mol. The number of rotatable bonds is 8. The van der Waals surface area contributed by atoms with Gasteiger partial charge in [-0.1, -0.05) is 13.8 Å². The molecule has 1 aliphatic rings. The van der Waals surface area contributed by atoms with Crippen LogP contribution in [0.1, 0.15) is 33.1 Å². The van der Waals surface area contributed by atoms with Crippen LogP contribution in [0.2, 0.25) is 0 Å². The van der Waals surface area contributed by atoms with Crippen LogP contribution in [0.25, 0.3) is 0 Å². The van der Waals surface area contributed by atoms with E-state index in [0.29, 0.717) is 16.9 Å². The summed E-state index contributed by atoms with van der Waals surface area (Å²) >= 11 is 3.37. The highest BCUT2D eigenvalue weighted by Crippen LogP contribution is 2.18. The van der Waals surface area contributed by atoms with Crippen LogP contribution >= 0.6 is 15.9 Å². The van der Waals surface area contributed by atoms with E-state index in [9.17, 15) is 4.79 Å². The number of hydrogen-bond acceptors (Lipinski definition) is 4. The summed E-state index contributed by atoms with van der Waals surface area (Å²) in [6.45, 7) is 6.64. The number of anilines is 1. The summed E-state index contributed by atoms with van der Waals surface area (Å²) in [5, 5.41) is 10.9. The smallest absolute Gasteiger partial charge is 0.283 e. The third kappa shape index (κ3) is 4.59. The van der Waals surface area contributed by atoms with Crippen molar-refractivity contribution < 1.29 is 0 Å². The maximum absolute atomic E-state index is 12.1. The molecule has 0 aliphatic heterocycles. The first-order valence-electron chi connectivity index (χ1n) is 7.31. The molecule has 2 N–H and O–H groups in total. The Kier molecular flexibility index (Phi) is 5.60. The van der Waals surface area contributed by atoms with E-state index < -0.39 is 0 Å². The van der Waals surface area contributed by atoms with Crippen LogP contribution in [0.4, 0.5) is 5.69 Å². The molecule has 0 radical (unpaired) electrons. The summed E-state index contributed by atoms with van der Waals surface area (Å²) in [6.07, 6.45) is 5.40. The zero-order chi connectivity index (χ0) is 14.5. The Hall–Kier alpha value is -0.880. The fraction of sp³-hybridized carbons (Fsp3) is 0.714. The lowest BCUT2D eigenvalue weighted by Gasteiger charge is -2.11. The molecule has 5 nitrogen and oxygen atoms in total. The fourth-order valence-electron chi connectivity index (χ4n) is 1.97. The van der Waals surface area contributed by atoms with Gasteiger partial charge in [0, 0.05) is 19.1 Å². The second-order valence-electron chi connectivity index (χ2n) is 5.76. The highest BCUT2D eigenvalue weighted by atomic mass is 79.9. The molecule has 20 heavy (non-hydrogen) atoms. The Morgan fingerprint density at radius 3 is 2.85 bits per heavy atom. The van der Waals surface area contributed by atoms with Crippen LogP contribution in [0.15, 0.2) is 15.5 Å². The summed E-state index contributed by atoms with van der Waals surface area (Å²) in [4.78, 5) is 12.1. The van der Waals surface area contributed by atoms with E-state index in [-0.39, 0.29) is 5.56 Å². The molecule has 0 bridgehead atoms. The third-order valence-corrected chi connectivity index (χ3v) is 3.97. The molecule has 1 aromatic heterocycles. The van der Waals surface area contributed by atoms with Crippen LogP contribution in [0.3, 0.4) is 0 Å². The van der Waals surface area contributed by atoms with Crippen molar-refractivity contribution in [2.45, 2.75) is 45.7 Å². The molecule has 2 rings (SSSR count). The maximum atomic E-state index is 12.1. The number of halogens is 1. The molecule has 112 valence electrons. The average Bonchev–Trinajstić information content (AvgIpc) is 3.21. The first-order valence-corrected chi connectivity index (χ1v) is 8.10. The van der Waals surface area contributed by atoms with Crippen LogP contribution in [0, 0.1) is 5.92 Å². The molecule has 0 amide bonds. The van der Waals surface area contributed by atoms with Crippen molar-refractivity contribution in [3.05, 3.63) is 21.0 Å². The van der Waals surface area contributed by atoms with Crippen LogP contribution < -0.4 is 16.2 Å². The standard InChI is InChI=1S/C14H23BrN4O/c1-10(2)9-19-14(20)13(15)12(8-18-19)17-7-3-6-16-11-4-5-11/h8,10-11,16-17H,3-7,9H2,1-2H3. The van der Waals surface area contributed by atoms with Crippen LogP contribution in [-0.4, -0.2) is 28.9 Å². The van der Waals surface area contributed by atoms with Gasteiger partial charge in [0.15, 0.2) is 0 Å². The first-order chi connectivity index (χ1) is 9.58.